The number of halogens is 1. The van der Waals surface area contributed by atoms with E-state index in [1.165, 1.54) is 4.90 Å². The molecule has 53 heavy (non-hydrogen) atoms. The molecular weight excluding hydrogens is 738 g/mol. The molecule has 0 aromatic heterocycles. The van der Waals surface area contributed by atoms with Crippen LogP contribution in [0.4, 0.5) is 5.69 Å². The number of carbonyl (C=O) groups is 4. The molecule has 0 radical (unpaired) electrons. The molecule has 2 fully saturated rings. The quantitative estimate of drug-likeness (QED) is 0.202. The number of hydrogen-bond donors (Lipinski definition) is 2. The highest BCUT2D eigenvalue weighted by molar-refractivity contribution is 9.11. The molecule has 4 aromatic carbocycles. The molecule has 3 amide bonds. The van der Waals surface area contributed by atoms with Gasteiger partial charge < -0.3 is 29.7 Å². The van der Waals surface area contributed by atoms with Gasteiger partial charge in [-0.15, -0.1) is 0 Å². The van der Waals surface area contributed by atoms with Crippen LogP contribution in [-0.4, -0.2) is 71.2 Å². The topological polar surface area (TPSA) is 125 Å². The number of nitrogens with zero attached hydrogens (tertiary/aromatic N) is 2. The van der Waals surface area contributed by atoms with E-state index in [1.54, 1.807) is 11.0 Å². The van der Waals surface area contributed by atoms with Crippen LogP contribution in [0.15, 0.2) is 126 Å². The number of nitrogens with one attached hydrogen (secondary N) is 1. The van der Waals surface area contributed by atoms with E-state index in [2.05, 4.69) is 21.2 Å². The molecule has 270 valence electrons. The first-order valence-corrected chi connectivity index (χ1v) is 18.6. The van der Waals surface area contributed by atoms with Gasteiger partial charge in [0.15, 0.2) is 0 Å². The first-order valence-electron chi connectivity index (χ1n) is 17.8. The van der Waals surface area contributed by atoms with Crippen molar-refractivity contribution in [2.45, 2.75) is 42.7 Å². The highest BCUT2D eigenvalue weighted by Gasteiger charge is 2.75. The van der Waals surface area contributed by atoms with Crippen LogP contribution in [0.5, 0.6) is 0 Å². The Labute approximate surface area is 315 Å². The molecule has 4 aromatic rings. The number of benzene rings is 4. The number of allylic oxidation sites excluding steroid dienone is 1. The number of fused-ring (bicyclic) bond motifs is 3. The van der Waals surface area contributed by atoms with Gasteiger partial charge in [0.1, 0.15) is 24.4 Å². The smallest absolute Gasteiger partial charge is 0.306 e. The molecule has 11 heteroatoms. The fraction of sp³-hybridized carbons (Fsp3) is 0.286. The van der Waals surface area contributed by atoms with Gasteiger partial charge in [0.05, 0.1) is 30.5 Å². The van der Waals surface area contributed by atoms with Gasteiger partial charge in [-0.3, -0.25) is 19.2 Å². The van der Waals surface area contributed by atoms with E-state index < -0.39 is 72.0 Å². The van der Waals surface area contributed by atoms with Crippen LogP contribution < -0.4 is 10.2 Å². The maximum Gasteiger partial charge on any atom is 0.306 e. The lowest BCUT2D eigenvalue weighted by Gasteiger charge is -2.39. The van der Waals surface area contributed by atoms with E-state index in [-0.39, 0.29) is 19.6 Å². The molecule has 4 aliphatic heterocycles. The summed E-state index contributed by atoms with van der Waals surface area (Å²) in [4.78, 5) is 61.0. The molecule has 4 heterocycles. The van der Waals surface area contributed by atoms with Crippen molar-refractivity contribution in [1.82, 2.24) is 10.2 Å². The van der Waals surface area contributed by atoms with E-state index in [0.29, 0.717) is 22.2 Å². The number of rotatable bonds is 5. The molecule has 2 N–H and O–H groups in total. The second-order valence-corrected chi connectivity index (χ2v) is 14.7. The van der Waals surface area contributed by atoms with Crippen LogP contribution >= 0.6 is 15.9 Å². The largest absolute Gasteiger partial charge is 0.463 e. The Hall–Kier alpha value is -5.10. The number of ether oxygens (including phenoxy) is 2. The monoisotopic (exact) mass is 775 g/mol. The van der Waals surface area contributed by atoms with Gasteiger partial charge in [-0.05, 0) is 46.5 Å². The zero-order valence-electron chi connectivity index (χ0n) is 28.7. The van der Waals surface area contributed by atoms with Crippen LogP contribution in [0.2, 0.25) is 0 Å². The SMILES string of the molecule is O=C1CC/C=C\CN(c2ccc3ccccc3c2)C(=O)[C@@H]2N([C@H](CO)c3ccccc3)C(=O)[C@H]3[C@H](C(=O)N[C@H](c4ccccc4)CO1)[C@H]1O[C@@]23C=C1Br. The molecule has 0 aliphatic carbocycles. The van der Waals surface area contributed by atoms with E-state index >= 15 is 9.59 Å². The van der Waals surface area contributed by atoms with Crippen molar-refractivity contribution in [2.24, 2.45) is 11.8 Å². The lowest BCUT2D eigenvalue weighted by molar-refractivity contribution is -0.146. The van der Waals surface area contributed by atoms with E-state index in [0.717, 1.165) is 16.3 Å². The van der Waals surface area contributed by atoms with Crippen molar-refractivity contribution in [1.29, 1.82) is 0 Å². The Morgan fingerprint density at radius 3 is 2.34 bits per heavy atom. The third-order valence-electron chi connectivity index (χ3n) is 10.8. The zero-order chi connectivity index (χ0) is 36.7. The van der Waals surface area contributed by atoms with Gasteiger partial charge >= 0.3 is 5.97 Å². The average Bonchev–Trinajstić information content (AvgIpc) is 3.78. The fourth-order valence-electron chi connectivity index (χ4n) is 8.34. The summed E-state index contributed by atoms with van der Waals surface area (Å²) in [6, 6.07) is 29.0. The summed E-state index contributed by atoms with van der Waals surface area (Å²) in [5.74, 6) is -3.93. The number of amides is 3. The van der Waals surface area contributed by atoms with Gasteiger partial charge in [-0.1, -0.05) is 119 Å². The normalized spacial score (nSPS) is 28.7. The average molecular weight is 777 g/mol. The minimum atomic E-state index is -1.54. The lowest BCUT2D eigenvalue weighted by atomic mass is 9.74. The number of carbonyl (C=O) groups excluding carboxylic acids is 4. The van der Waals surface area contributed by atoms with Crippen molar-refractivity contribution < 1.29 is 33.8 Å². The summed E-state index contributed by atoms with van der Waals surface area (Å²) in [7, 11) is 0. The summed E-state index contributed by atoms with van der Waals surface area (Å²) >= 11 is 3.64. The molecule has 8 rings (SSSR count). The third kappa shape index (κ3) is 6.16. The van der Waals surface area contributed by atoms with E-state index in [4.69, 9.17) is 9.47 Å². The van der Waals surface area contributed by atoms with Gasteiger partial charge in [0, 0.05) is 23.1 Å². The van der Waals surface area contributed by atoms with Crippen molar-refractivity contribution in [3.63, 3.8) is 0 Å². The van der Waals surface area contributed by atoms with Gasteiger partial charge in [0.25, 0.3) is 5.91 Å². The Morgan fingerprint density at radius 2 is 1.58 bits per heavy atom. The van der Waals surface area contributed by atoms with E-state index in [9.17, 15) is 14.7 Å². The molecule has 2 saturated heterocycles. The molecule has 5 bridgehead atoms. The summed E-state index contributed by atoms with van der Waals surface area (Å²) in [6.45, 7) is -0.458. The number of aliphatic hydroxyl groups excluding tert-OH is 1. The van der Waals surface area contributed by atoms with Crippen LogP contribution in [0, 0.1) is 11.8 Å². The Kier molecular flexibility index (Phi) is 9.48. The van der Waals surface area contributed by atoms with Gasteiger partial charge in [0.2, 0.25) is 11.8 Å². The number of likely N-dealkylation sites (tertiary alicyclic amines) is 1. The van der Waals surface area contributed by atoms with Crippen LogP contribution in [0.25, 0.3) is 10.8 Å². The lowest BCUT2D eigenvalue weighted by Crippen LogP contribution is -2.57. The number of aliphatic hydroxyl groups is 1. The highest BCUT2D eigenvalue weighted by Crippen LogP contribution is 2.60. The van der Waals surface area contributed by atoms with Crippen molar-refractivity contribution in [2.75, 3.05) is 24.7 Å². The summed E-state index contributed by atoms with van der Waals surface area (Å²) in [5.41, 5.74) is 0.423. The third-order valence-corrected chi connectivity index (χ3v) is 11.5. The molecule has 1 spiro atoms. The predicted molar refractivity (Wildman–Crippen MR) is 201 cm³/mol. The second-order valence-electron chi connectivity index (χ2n) is 13.8. The van der Waals surface area contributed by atoms with Crippen LogP contribution in [-0.2, 0) is 28.7 Å². The minimum Gasteiger partial charge on any atom is -0.463 e. The first-order chi connectivity index (χ1) is 25.8. The number of hydrogen-bond acceptors (Lipinski definition) is 7. The summed E-state index contributed by atoms with van der Waals surface area (Å²) in [6.07, 6.45) is 5.05. The van der Waals surface area contributed by atoms with Crippen molar-refractivity contribution >= 4 is 56.1 Å². The summed E-state index contributed by atoms with van der Waals surface area (Å²) in [5, 5.41) is 16.0. The minimum absolute atomic E-state index is 0.108. The van der Waals surface area contributed by atoms with Crippen LogP contribution in [0.3, 0.4) is 0 Å². The standard InChI is InChI=1S/C42H38BrN3O7/c43-31-23-42-36-35(37(31)53-42)39(49)44-32(27-13-4-1-5-14-27)25-52-34(48)18-8-3-11-21-45(30-20-19-26-12-9-10-17-29(26)22-30)41(51)38(42)46(40(36)50)33(24-47)28-15-6-2-7-16-28/h1-7,9-17,19-20,22-23,32-33,35-38,47H,8,18,21,24-25H2,(H,44,49)/b11-3-/t32-,33+,35-,36+,37-,38-,42+/m0/s1. The Bertz CT molecular complexity index is 2120. The molecule has 4 aliphatic rings. The first kappa shape index (κ1) is 35.0. The molecule has 0 saturated carbocycles. The molecule has 10 nitrogen and oxygen atoms in total. The second kappa shape index (κ2) is 14.4. The van der Waals surface area contributed by atoms with Crippen molar-refractivity contribution in [3.8, 4) is 0 Å². The Balaban J connectivity index is 1.28. The zero-order valence-corrected chi connectivity index (χ0v) is 30.3. The summed E-state index contributed by atoms with van der Waals surface area (Å²) < 4.78 is 13.0. The fourth-order valence-corrected chi connectivity index (χ4v) is 9.07. The number of anilines is 1. The molecule has 7 atom stereocenters. The predicted octanol–water partition coefficient (Wildman–Crippen LogP) is 5.53. The molecule has 0 unspecified atom stereocenters. The highest BCUT2D eigenvalue weighted by atomic mass is 79.9. The van der Waals surface area contributed by atoms with Gasteiger partial charge in [-0.2, -0.15) is 0 Å². The molecular formula is C42H38BrN3O7. The maximum absolute atomic E-state index is 15.5. The van der Waals surface area contributed by atoms with Gasteiger partial charge in [-0.25, -0.2) is 0 Å². The Morgan fingerprint density at radius 1 is 0.868 bits per heavy atom. The number of cyclic esters (lactones) is 1. The maximum atomic E-state index is 15.5. The van der Waals surface area contributed by atoms with E-state index in [1.807, 2.05) is 115 Å². The van der Waals surface area contributed by atoms with Crippen molar-refractivity contribution in [3.05, 3.63) is 137 Å². The number of esters is 1. The van der Waals surface area contributed by atoms with Crippen LogP contribution in [0.1, 0.15) is 36.1 Å².